The average molecular weight is 330 g/mol. The van der Waals surface area contributed by atoms with E-state index in [0.29, 0.717) is 19.1 Å². The number of nitrogens with one attached hydrogen (secondary N) is 1. The van der Waals surface area contributed by atoms with Gasteiger partial charge >= 0.3 is 0 Å². The maximum absolute atomic E-state index is 5.81. The standard InChI is InChI=1S/C15H24BrNO2/c1-11(2)10-18-7-8-19-15-6-5-13(16)9-14(15)12(3)17-4/h5-6,9,11-12,17H,7-8,10H2,1-4H3. The topological polar surface area (TPSA) is 30.5 Å². The third kappa shape index (κ3) is 5.93. The van der Waals surface area contributed by atoms with Crippen molar-refractivity contribution in [2.45, 2.75) is 26.8 Å². The molecule has 0 bridgehead atoms. The van der Waals surface area contributed by atoms with Gasteiger partial charge in [-0.1, -0.05) is 29.8 Å². The molecule has 0 aromatic heterocycles. The number of hydrogen-bond acceptors (Lipinski definition) is 3. The van der Waals surface area contributed by atoms with Crippen LogP contribution in [-0.2, 0) is 4.74 Å². The molecule has 0 aliphatic rings. The second-order valence-electron chi connectivity index (χ2n) is 5.01. The van der Waals surface area contributed by atoms with Crippen molar-refractivity contribution in [3.8, 4) is 5.75 Å². The minimum atomic E-state index is 0.254. The minimum absolute atomic E-state index is 0.254. The zero-order valence-electron chi connectivity index (χ0n) is 12.2. The Balaban J connectivity index is 2.53. The Labute approximate surface area is 124 Å². The van der Waals surface area contributed by atoms with Gasteiger partial charge in [0.05, 0.1) is 6.61 Å². The Morgan fingerprint density at radius 2 is 1.95 bits per heavy atom. The lowest BCUT2D eigenvalue weighted by Gasteiger charge is -2.17. The Morgan fingerprint density at radius 1 is 1.21 bits per heavy atom. The molecule has 0 fully saturated rings. The highest BCUT2D eigenvalue weighted by Gasteiger charge is 2.10. The molecule has 108 valence electrons. The molecule has 1 unspecified atom stereocenters. The van der Waals surface area contributed by atoms with E-state index in [2.05, 4.69) is 48.1 Å². The molecule has 1 aromatic rings. The summed E-state index contributed by atoms with van der Waals surface area (Å²) in [5.41, 5.74) is 1.15. The third-order valence-electron chi connectivity index (χ3n) is 2.81. The van der Waals surface area contributed by atoms with Crippen LogP contribution in [0.2, 0.25) is 0 Å². The molecular formula is C15H24BrNO2. The van der Waals surface area contributed by atoms with Crippen LogP contribution >= 0.6 is 15.9 Å². The maximum atomic E-state index is 5.81. The van der Waals surface area contributed by atoms with Crippen molar-refractivity contribution in [1.29, 1.82) is 0 Å². The van der Waals surface area contributed by atoms with Gasteiger partial charge in [-0.15, -0.1) is 0 Å². The van der Waals surface area contributed by atoms with Gasteiger partial charge < -0.3 is 14.8 Å². The molecule has 0 radical (unpaired) electrons. The largest absolute Gasteiger partial charge is 0.491 e. The van der Waals surface area contributed by atoms with Crippen LogP contribution < -0.4 is 10.1 Å². The fourth-order valence-electron chi connectivity index (χ4n) is 1.67. The van der Waals surface area contributed by atoms with Crippen LogP contribution in [0.4, 0.5) is 0 Å². The maximum Gasteiger partial charge on any atom is 0.124 e. The zero-order chi connectivity index (χ0) is 14.3. The summed E-state index contributed by atoms with van der Waals surface area (Å²) in [6.45, 7) is 8.39. The summed E-state index contributed by atoms with van der Waals surface area (Å²) in [5, 5.41) is 3.23. The fourth-order valence-corrected chi connectivity index (χ4v) is 2.05. The Morgan fingerprint density at radius 3 is 2.58 bits per heavy atom. The third-order valence-corrected chi connectivity index (χ3v) is 3.30. The molecule has 4 heteroatoms. The number of rotatable bonds is 8. The molecular weight excluding hydrogens is 306 g/mol. The number of benzene rings is 1. The smallest absolute Gasteiger partial charge is 0.124 e. The zero-order valence-corrected chi connectivity index (χ0v) is 13.8. The monoisotopic (exact) mass is 329 g/mol. The van der Waals surface area contributed by atoms with Gasteiger partial charge in [0.15, 0.2) is 0 Å². The second kappa shape index (κ2) is 8.56. The van der Waals surface area contributed by atoms with E-state index in [-0.39, 0.29) is 6.04 Å². The Kier molecular flexibility index (Phi) is 7.42. The highest BCUT2D eigenvalue weighted by molar-refractivity contribution is 9.10. The molecule has 0 saturated carbocycles. The van der Waals surface area contributed by atoms with Gasteiger partial charge in [-0.05, 0) is 38.1 Å². The van der Waals surface area contributed by atoms with Gasteiger partial charge in [-0.2, -0.15) is 0 Å². The van der Waals surface area contributed by atoms with Crippen LogP contribution in [0.5, 0.6) is 5.75 Å². The molecule has 0 aliphatic heterocycles. The Hall–Kier alpha value is -0.580. The van der Waals surface area contributed by atoms with Crippen LogP contribution in [0.25, 0.3) is 0 Å². The van der Waals surface area contributed by atoms with Gasteiger partial charge in [-0.25, -0.2) is 0 Å². The fraction of sp³-hybridized carbons (Fsp3) is 0.600. The minimum Gasteiger partial charge on any atom is -0.491 e. The van der Waals surface area contributed by atoms with E-state index in [1.165, 1.54) is 0 Å². The van der Waals surface area contributed by atoms with Gasteiger partial charge in [0.25, 0.3) is 0 Å². The molecule has 1 rings (SSSR count). The van der Waals surface area contributed by atoms with Crippen LogP contribution in [0.3, 0.4) is 0 Å². The van der Waals surface area contributed by atoms with E-state index in [1.54, 1.807) is 0 Å². The first-order valence-electron chi connectivity index (χ1n) is 6.71. The summed E-state index contributed by atoms with van der Waals surface area (Å²) >= 11 is 3.49. The molecule has 1 N–H and O–H groups in total. The van der Waals surface area contributed by atoms with E-state index in [4.69, 9.17) is 9.47 Å². The molecule has 1 aromatic carbocycles. The van der Waals surface area contributed by atoms with Gasteiger partial charge in [-0.3, -0.25) is 0 Å². The highest BCUT2D eigenvalue weighted by Crippen LogP contribution is 2.28. The number of halogens is 1. The molecule has 0 aliphatic carbocycles. The van der Waals surface area contributed by atoms with Crippen LogP contribution in [0, 0.1) is 5.92 Å². The number of hydrogen-bond donors (Lipinski definition) is 1. The molecule has 0 amide bonds. The van der Waals surface area contributed by atoms with Crippen molar-refractivity contribution >= 4 is 15.9 Å². The lowest BCUT2D eigenvalue weighted by Crippen LogP contribution is -2.15. The summed E-state index contributed by atoms with van der Waals surface area (Å²) in [6.07, 6.45) is 0. The van der Waals surface area contributed by atoms with E-state index >= 15 is 0 Å². The van der Waals surface area contributed by atoms with Gasteiger partial charge in [0.1, 0.15) is 12.4 Å². The molecule has 0 heterocycles. The van der Waals surface area contributed by atoms with E-state index in [1.807, 2.05) is 19.2 Å². The summed E-state index contributed by atoms with van der Waals surface area (Å²) < 4.78 is 12.4. The summed E-state index contributed by atoms with van der Waals surface area (Å²) in [4.78, 5) is 0. The average Bonchev–Trinajstić information content (AvgIpc) is 2.38. The van der Waals surface area contributed by atoms with Gasteiger partial charge in [0.2, 0.25) is 0 Å². The van der Waals surface area contributed by atoms with Crippen LogP contribution in [0.15, 0.2) is 22.7 Å². The molecule has 3 nitrogen and oxygen atoms in total. The first kappa shape index (κ1) is 16.5. The van der Waals surface area contributed by atoms with E-state index in [0.717, 1.165) is 22.4 Å². The van der Waals surface area contributed by atoms with Crippen LogP contribution in [0.1, 0.15) is 32.4 Å². The second-order valence-corrected chi connectivity index (χ2v) is 5.93. The Bertz CT molecular complexity index is 382. The predicted molar refractivity (Wildman–Crippen MR) is 82.8 cm³/mol. The lowest BCUT2D eigenvalue weighted by atomic mass is 10.1. The molecule has 0 saturated heterocycles. The van der Waals surface area contributed by atoms with E-state index < -0.39 is 0 Å². The normalized spacial score (nSPS) is 12.7. The molecule has 0 spiro atoms. The van der Waals surface area contributed by atoms with Crippen LogP contribution in [-0.4, -0.2) is 26.9 Å². The van der Waals surface area contributed by atoms with Crippen molar-refractivity contribution in [2.24, 2.45) is 5.92 Å². The van der Waals surface area contributed by atoms with Crippen molar-refractivity contribution in [3.05, 3.63) is 28.2 Å². The molecule has 19 heavy (non-hydrogen) atoms. The first-order valence-corrected chi connectivity index (χ1v) is 7.51. The quantitative estimate of drug-likeness (QED) is 0.736. The predicted octanol–water partition coefficient (Wildman–Crippen LogP) is 3.78. The van der Waals surface area contributed by atoms with Gasteiger partial charge in [0, 0.05) is 22.7 Å². The highest BCUT2D eigenvalue weighted by atomic mass is 79.9. The summed E-state index contributed by atoms with van der Waals surface area (Å²) in [5.74, 6) is 1.48. The first-order chi connectivity index (χ1) is 9.04. The van der Waals surface area contributed by atoms with Crippen molar-refractivity contribution in [1.82, 2.24) is 5.32 Å². The number of ether oxygens (including phenoxy) is 2. The van der Waals surface area contributed by atoms with Crippen molar-refractivity contribution in [3.63, 3.8) is 0 Å². The molecule has 1 atom stereocenters. The van der Waals surface area contributed by atoms with Crippen molar-refractivity contribution in [2.75, 3.05) is 26.9 Å². The van der Waals surface area contributed by atoms with E-state index in [9.17, 15) is 0 Å². The summed E-state index contributed by atoms with van der Waals surface area (Å²) in [7, 11) is 1.95. The van der Waals surface area contributed by atoms with Crippen molar-refractivity contribution < 1.29 is 9.47 Å². The lowest BCUT2D eigenvalue weighted by molar-refractivity contribution is 0.0815. The SMILES string of the molecule is CNC(C)c1cc(Br)ccc1OCCOCC(C)C. The summed E-state index contributed by atoms with van der Waals surface area (Å²) in [6, 6.07) is 6.33.